The summed E-state index contributed by atoms with van der Waals surface area (Å²) in [6.45, 7) is 0. The first-order valence-electron chi connectivity index (χ1n) is 9.26. The van der Waals surface area contributed by atoms with Gasteiger partial charge in [-0.1, -0.05) is 37.5 Å². The van der Waals surface area contributed by atoms with Crippen LogP contribution in [0.3, 0.4) is 0 Å². The molecule has 26 heavy (non-hydrogen) atoms. The number of rotatable bonds is 5. The van der Waals surface area contributed by atoms with Crippen LogP contribution < -0.4 is 10.1 Å². The maximum atomic E-state index is 5.44. The second-order valence-corrected chi connectivity index (χ2v) is 6.69. The van der Waals surface area contributed by atoms with Crippen molar-refractivity contribution in [3.63, 3.8) is 0 Å². The zero-order valence-corrected chi connectivity index (χ0v) is 15.1. The van der Waals surface area contributed by atoms with Gasteiger partial charge in [-0.15, -0.1) is 0 Å². The lowest BCUT2D eigenvalue weighted by atomic mass is 9.95. The molecular weight excluding hydrogens is 324 g/mol. The van der Waals surface area contributed by atoms with Crippen LogP contribution in [0, 0.1) is 0 Å². The van der Waals surface area contributed by atoms with Crippen molar-refractivity contribution in [1.82, 2.24) is 14.4 Å². The Bertz CT molecular complexity index is 909. The Kier molecular flexibility index (Phi) is 4.86. The van der Waals surface area contributed by atoms with Gasteiger partial charge >= 0.3 is 0 Å². The van der Waals surface area contributed by atoms with E-state index in [1.807, 2.05) is 53.1 Å². The smallest absolute Gasteiger partial charge is 0.235 e. The first-order chi connectivity index (χ1) is 12.8. The van der Waals surface area contributed by atoms with Crippen molar-refractivity contribution < 1.29 is 4.74 Å². The first kappa shape index (κ1) is 16.6. The van der Waals surface area contributed by atoms with Gasteiger partial charge in [0, 0.05) is 24.0 Å². The third kappa shape index (κ3) is 3.43. The Hall–Kier alpha value is -2.82. The molecule has 0 radical (unpaired) electrons. The molecule has 3 aromatic rings. The van der Waals surface area contributed by atoms with Crippen LogP contribution in [0.2, 0.25) is 0 Å². The molecule has 0 aliphatic heterocycles. The number of nitrogens with zero attached hydrogens (tertiary/aromatic N) is 3. The number of benzene rings is 1. The maximum Gasteiger partial charge on any atom is 0.235 e. The Labute approximate surface area is 153 Å². The fraction of sp³-hybridized carbons (Fsp3) is 0.333. The number of methoxy groups -OCH3 is 1. The molecule has 0 saturated heterocycles. The molecule has 0 spiro atoms. The molecule has 1 saturated carbocycles. The Morgan fingerprint density at radius 3 is 2.81 bits per heavy atom. The highest BCUT2D eigenvalue weighted by Crippen LogP contribution is 2.26. The van der Waals surface area contributed by atoms with Gasteiger partial charge in [0.15, 0.2) is 0 Å². The molecule has 1 N–H and O–H groups in total. The van der Waals surface area contributed by atoms with E-state index >= 15 is 0 Å². The summed E-state index contributed by atoms with van der Waals surface area (Å²) in [6, 6.07) is 10.4. The van der Waals surface area contributed by atoms with E-state index in [4.69, 9.17) is 9.72 Å². The van der Waals surface area contributed by atoms with Crippen LogP contribution in [0.15, 0.2) is 42.7 Å². The van der Waals surface area contributed by atoms with Crippen LogP contribution in [0.1, 0.15) is 43.4 Å². The molecule has 0 atom stereocenters. The number of fused-ring (bicyclic) bond motifs is 1. The van der Waals surface area contributed by atoms with E-state index in [9.17, 15) is 0 Å². The number of ether oxygens (including phenoxy) is 1. The second kappa shape index (κ2) is 7.60. The summed E-state index contributed by atoms with van der Waals surface area (Å²) in [5.74, 6) is 2.59. The van der Waals surface area contributed by atoms with E-state index in [1.54, 1.807) is 13.3 Å². The van der Waals surface area contributed by atoms with Crippen LogP contribution in [0.4, 0.5) is 5.82 Å². The van der Waals surface area contributed by atoms with Gasteiger partial charge in [-0.3, -0.25) is 4.40 Å². The summed E-state index contributed by atoms with van der Waals surface area (Å²) in [6.07, 6.45) is 14.2. The predicted octanol–water partition coefficient (Wildman–Crippen LogP) is 4.65. The molecule has 5 nitrogen and oxygen atoms in total. The fourth-order valence-electron chi connectivity index (χ4n) is 3.58. The summed E-state index contributed by atoms with van der Waals surface area (Å²) in [4.78, 5) is 9.11. The van der Waals surface area contributed by atoms with Gasteiger partial charge in [-0.2, -0.15) is 0 Å². The molecule has 134 valence electrons. The molecule has 2 heterocycles. The topological polar surface area (TPSA) is 51.5 Å². The van der Waals surface area contributed by atoms with Crippen molar-refractivity contribution >= 4 is 23.7 Å². The summed E-state index contributed by atoms with van der Waals surface area (Å²) in [5.41, 5.74) is 1.93. The quantitative estimate of drug-likeness (QED) is 0.729. The van der Waals surface area contributed by atoms with Crippen molar-refractivity contribution in [2.24, 2.45) is 0 Å². The highest BCUT2D eigenvalue weighted by atomic mass is 16.5. The summed E-state index contributed by atoms with van der Waals surface area (Å²) >= 11 is 0. The molecule has 5 heteroatoms. The highest BCUT2D eigenvalue weighted by molar-refractivity contribution is 5.77. The summed E-state index contributed by atoms with van der Waals surface area (Å²) in [5, 5.41) is 3.72. The van der Waals surface area contributed by atoms with E-state index in [0.29, 0.717) is 11.8 Å². The molecule has 2 aromatic heterocycles. The van der Waals surface area contributed by atoms with Crippen molar-refractivity contribution in [2.45, 2.75) is 38.1 Å². The molecule has 1 aromatic carbocycles. The summed E-state index contributed by atoms with van der Waals surface area (Å²) in [7, 11) is 1.69. The second-order valence-electron chi connectivity index (χ2n) is 6.69. The van der Waals surface area contributed by atoms with Gasteiger partial charge in [-0.25, -0.2) is 9.97 Å². The molecule has 4 rings (SSSR count). The van der Waals surface area contributed by atoms with E-state index in [-0.39, 0.29) is 0 Å². The van der Waals surface area contributed by atoms with Gasteiger partial charge in [0.2, 0.25) is 5.78 Å². The highest BCUT2D eigenvalue weighted by Gasteiger charge is 2.18. The lowest BCUT2D eigenvalue weighted by molar-refractivity contribution is 0.414. The normalized spacial score (nSPS) is 15.6. The largest absolute Gasteiger partial charge is 0.496 e. The van der Waals surface area contributed by atoms with E-state index in [0.717, 1.165) is 22.8 Å². The first-order valence-corrected chi connectivity index (χ1v) is 9.26. The number of nitrogens with one attached hydrogen (secondary N) is 1. The SMILES string of the molecule is COc1ccccc1/C=C/c1nc2ncccn2c1NC1CCCCC1. The number of hydrogen-bond donors (Lipinski definition) is 1. The van der Waals surface area contributed by atoms with Gasteiger partial charge in [-0.05, 0) is 37.1 Å². The van der Waals surface area contributed by atoms with Crippen LogP contribution in [0.5, 0.6) is 5.75 Å². The van der Waals surface area contributed by atoms with E-state index < -0.39 is 0 Å². The van der Waals surface area contributed by atoms with Gasteiger partial charge in [0.1, 0.15) is 17.3 Å². The van der Waals surface area contributed by atoms with Gasteiger partial charge in [0.05, 0.1) is 7.11 Å². The maximum absolute atomic E-state index is 5.44. The molecule has 0 bridgehead atoms. The standard InChI is InChI=1S/C21H24N4O/c1-26-19-11-6-5-8-16(19)12-13-18-20(23-17-9-3-2-4-10-17)25-15-7-14-22-21(25)24-18/h5-8,11-15,17,23H,2-4,9-10H2,1H3/b13-12+. The average Bonchev–Trinajstić information content (AvgIpc) is 3.05. The fourth-order valence-corrected chi connectivity index (χ4v) is 3.58. The molecule has 0 amide bonds. The predicted molar refractivity (Wildman–Crippen MR) is 105 cm³/mol. The Morgan fingerprint density at radius 1 is 1.12 bits per heavy atom. The zero-order valence-electron chi connectivity index (χ0n) is 15.1. The van der Waals surface area contributed by atoms with Gasteiger partial charge in [0.25, 0.3) is 0 Å². The van der Waals surface area contributed by atoms with Crippen LogP contribution >= 0.6 is 0 Å². The van der Waals surface area contributed by atoms with Crippen molar-refractivity contribution in [1.29, 1.82) is 0 Å². The van der Waals surface area contributed by atoms with Gasteiger partial charge < -0.3 is 10.1 Å². The zero-order chi connectivity index (χ0) is 17.8. The molecular formula is C21H24N4O. The average molecular weight is 348 g/mol. The number of aromatic nitrogens is 3. The minimum atomic E-state index is 0.502. The van der Waals surface area contributed by atoms with Crippen molar-refractivity contribution in [3.05, 3.63) is 54.0 Å². The third-order valence-electron chi connectivity index (χ3n) is 4.94. The molecule has 1 aliphatic carbocycles. The third-order valence-corrected chi connectivity index (χ3v) is 4.94. The van der Waals surface area contributed by atoms with E-state index in [1.165, 1.54) is 32.1 Å². The number of imidazole rings is 1. The van der Waals surface area contributed by atoms with E-state index in [2.05, 4.69) is 10.3 Å². The van der Waals surface area contributed by atoms with Crippen molar-refractivity contribution in [3.8, 4) is 5.75 Å². The molecule has 1 aliphatic rings. The van der Waals surface area contributed by atoms with Crippen LogP contribution in [0.25, 0.3) is 17.9 Å². The molecule has 0 unspecified atom stereocenters. The van der Waals surface area contributed by atoms with Crippen LogP contribution in [-0.4, -0.2) is 27.5 Å². The molecule has 1 fully saturated rings. The Morgan fingerprint density at radius 2 is 1.96 bits per heavy atom. The lowest BCUT2D eigenvalue weighted by Crippen LogP contribution is -2.23. The Balaban J connectivity index is 1.69. The lowest BCUT2D eigenvalue weighted by Gasteiger charge is -2.23. The number of para-hydroxylation sites is 1. The van der Waals surface area contributed by atoms with Crippen molar-refractivity contribution in [2.75, 3.05) is 12.4 Å². The minimum absolute atomic E-state index is 0.502. The number of anilines is 1. The monoisotopic (exact) mass is 348 g/mol. The van der Waals surface area contributed by atoms with Crippen LogP contribution in [-0.2, 0) is 0 Å². The number of hydrogen-bond acceptors (Lipinski definition) is 4. The minimum Gasteiger partial charge on any atom is -0.496 e. The summed E-state index contributed by atoms with van der Waals surface area (Å²) < 4.78 is 7.48.